The van der Waals surface area contributed by atoms with Gasteiger partial charge in [0.2, 0.25) is 0 Å². The van der Waals surface area contributed by atoms with Gasteiger partial charge in [-0.15, -0.1) is 0 Å². The molecule has 1 rings (SSSR count). The van der Waals surface area contributed by atoms with E-state index in [-0.39, 0.29) is 0 Å². The summed E-state index contributed by atoms with van der Waals surface area (Å²) in [4.78, 5) is 2.27. The fraction of sp³-hybridized carbons (Fsp3) is 1.00. The van der Waals surface area contributed by atoms with Crippen LogP contribution in [0.25, 0.3) is 0 Å². The van der Waals surface area contributed by atoms with E-state index < -0.39 is 14.2 Å². The molecule has 0 spiro atoms. The second kappa shape index (κ2) is 2.83. The van der Waals surface area contributed by atoms with E-state index in [1.807, 2.05) is 0 Å². The average Bonchev–Trinajstić information content (AvgIpc) is 1.77. The molecule has 8 heavy (non-hydrogen) atoms. The van der Waals surface area contributed by atoms with Crippen LogP contribution in [-0.4, -0.2) is 43.5 Å². The standard InChI is InChI=1S/C5H12NOSe/c1-6-2-4-8(7)5-3-6/h7H,2-5H2,1H3. The van der Waals surface area contributed by atoms with Crippen LogP contribution in [-0.2, 0) is 0 Å². The van der Waals surface area contributed by atoms with E-state index in [1.165, 1.54) is 0 Å². The fourth-order valence-corrected chi connectivity index (χ4v) is 3.36. The Morgan fingerprint density at radius 1 is 1.38 bits per heavy atom. The SMILES string of the molecule is CN1CC[Se](O)CC1. The van der Waals surface area contributed by atoms with E-state index in [0.717, 1.165) is 23.7 Å². The van der Waals surface area contributed by atoms with Crippen molar-refractivity contribution in [3.63, 3.8) is 0 Å². The predicted octanol–water partition coefficient (Wildman–Crippen LogP) is -0.0844. The first-order valence-electron chi connectivity index (χ1n) is 2.84. The topological polar surface area (TPSA) is 23.5 Å². The van der Waals surface area contributed by atoms with Gasteiger partial charge in [-0.2, -0.15) is 0 Å². The number of hydrogen-bond acceptors (Lipinski definition) is 2. The van der Waals surface area contributed by atoms with Crippen LogP contribution in [0.1, 0.15) is 0 Å². The van der Waals surface area contributed by atoms with E-state index in [0.29, 0.717) is 0 Å². The zero-order valence-corrected chi connectivity index (χ0v) is 6.84. The molecule has 1 heterocycles. The number of rotatable bonds is 0. The van der Waals surface area contributed by atoms with E-state index >= 15 is 0 Å². The van der Waals surface area contributed by atoms with E-state index in [1.54, 1.807) is 0 Å². The molecule has 2 nitrogen and oxygen atoms in total. The van der Waals surface area contributed by atoms with Crippen molar-refractivity contribution in [1.82, 2.24) is 4.90 Å². The van der Waals surface area contributed by atoms with Crippen LogP contribution in [0.2, 0.25) is 10.6 Å². The van der Waals surface area contributed by atoms with Gasteiger partial charge >= 0.3 is 54.1 Å². The number of hydrogen-bond donors (Lipinski definition) is 1. The first-order chi connectivity index (χ1) is 3.79. The molecule has 0 aliphatic carbocycles. The van der Waals surface area contributed by atoms with Crippen LogP contribution in [0, 0.1) is 0 Å². The Morgan fingerprint density at radius 2 is 1.88 bits per heavy atom. The molecule has 0 amide bonds. The molecular formula is C5H12NOSe. The van der Waals surface area contributed by atoms with Crippen molar-refractivity contribution in [2.45, 2.75) is 10.6 Å². The molecule has 0 bridgehead atoms. The number of nitrogens with zero attached hydrogens (tertiary/aromatic N) is 1. The molecule has 0 atom stereocenters. The van der Waals surface area contributed by atoms with Crippen LogP contribution in [0.5, 0.6) is 0 Å². The molecule has 0 aromatic carbocycles. The summed E-state index contributed by atoms with van der Waals surface area (Å²) >= 11 is -1.06. The van der Waals surface area contributed by atoms with Gasteiger partial charge < -0.3 is 0 Å². The quantitative estimate of drug-likeness (QED) is 0.528. The summed E-state index contributed by atoms with van der Waals surface area (Å²) in [7, 11) is 2.11. The molecule has 1 saturated heterocycles. The first-order valence-corrected chi connectivity index (χ1v) is 6.03. The fourth-order valence-electron chi connectivity index (χ4n) is 0.736. The van der Waals surface area contributed by atoms with Crippen LogP contribution >= 0.6 is 0 Å². The van der Waals surface area contributed by atoms with Crippen LogP contribution in [0.4, 0.5) is 0 Å². The van der Waals surface area contributed by atoms with Gasteiger partial charge in [0.15, 0.2) is 0 Å². The Hall–Kier alpha value is 0.439. The molecule has 1 aliphatic rings. The van der Waals surface area contributed by atoms with Gasteiger partial charge in [-0.1, -0.05) is 0 Å². The maximum atomic E-state index is 9.13. The monoisotopic (exact) mass is 182 g/mol. The molecule has 1 N–H and O–H groups in total. The zero-order valence-electron chi connectivity index (χ0n) is 5.13. The molecular weight excluding hydrogens is 169 g/mol. The molecule has 0 aromatic rings. The summed E-state index contributed by atoms with van der Waals surface area (Å²) in [6.07, 6.45) is 0. The zero-order chi connectivity index (χ0) is 5.98. The van der Waals surface area contributed by atoms with Crippen LogP contribution in [0.15, 0.2) is 0 Å². The first kappa shape index (κ1) is 6.56. The minimum absolute atomic E-state index is 1.06. The summed E-state index contributed by atoms with van der Waals surface area (Å²) in [6, 6.07) is 0. The summed E-state index contributed by atoms with van der Waals surface area (Å²) < 4.78 is 9.13. The van der Waals surface area contributed by atoms with E-state index in [9.17, 15) is 0 Å². The van der Waals surface area contributed by atoms with Crippen molar-refractivity contribution in [3.05, 3.63) is 0 Å². The van der Waals surface area contributed by atoms with Crippen molar-refractivity contribution >= 4 is 14.2 Å². The van der Waals surface area contributed by atoms with Gasteiger partial charge in [0.05, 0.1) is 0 Å². The molecule has 0 unspecified atom stereocenters. The molecule has 1 radical (unpaired) electrons. The minimum atomic E-state index is -1.06. The van der Waals surface area contributed by atoms with Gasteiger partial charge in [-0.05, 0) is 0 Å². The van der Waals surface area contributed by atoms with Gasteiger partial charge in [-0.25, -0.2) is 0 Å². The molecule has 1 fully saturated rings. The van der Waals surface area contributed by atoms with Crippen molar-refractivity contribution < 1.29 is 4.19 Å². The molecule has 3 heteroatoms. The summed E-state index contributed by atoms with van der Waals surface area (Å²) in [5.41, 5.74) is 0. The van der Waals surface area contributed by atoms with Crippen molar-refractivity contribution in [1.29, 1.82) is 0 Å². The third kappa shape index (κ3) is 1.75. The Kier molecular flexibility index (Phi) is 2.32. The third-order valence-corrected chi connectivity index (χ3v) is 4.16. The Balaban J connectivity index is 2.19. The average molecular weight is 181 g/mol. The third-order valence-electron chi connectivity index (χ3n) is 1.42. The van der Waals surface area contributed by atoms with Gasteiger partial charge in [0, 0.05) is 0 Å². The predicted molar refractivity (Wildman–Crippen MR) is 35.1 cm³/mol. The van der Waals surface area contributed by atoms with Gasteiger partial charge in [-0.3, -0.25) is 0 Å². The molecule has 0 saturated carbocycles. The molecule has 0 aromatic heterocycles. The Morgan fingerprint density at radius 3 is 2.25 bits per heavy atom. The van der Waals surface area contributed by atoms with E-state index in [2.05, 4.69) is 11.9 Å². The second-order valence-corrected chi connectivity index (χ2v) is 5.83. The maximum absolute atomic E-state index is 9.13. The summed E-state index contributed by atoms with van der Waals surface area (Å²) in [6.45, 7) is 2.22. The Bertz CT molecular complexity index is 60.8. The van der Waals surface area contributed by atoms with E-state index in [4.69, 9.17) is 4.19 Å². The van der Waals surface area contributed by atoms with Crippen LogP contribution in [0.3, 0.4) is 0 Å². The summed E-state index contributed by atoms with van der Waals surface area (Å²) in [5, 5.41) is 2.16. The second-order valence-electron chi connectivity index (χ2n) is 2.17. The normalized spacial score (nSPS) is 26.2. The van der Waals surface area contributed by atoms with Gasteiger partial charge in [0.1, 0.15) is 0 Å². The van der Waals surface area contributed by atoms with Crippen molar-refractivity contribution in [2.75, 3.05) is 20.1 Å². The van der Waals surface area contributed by atoms with Crippen molar-refractivity contribution in [2.24, 2.45) is 0 Å². The summed E-state index contributed by atoms with van der Waals surface area (Å²) in [5.74, 6) is 0. The van der Waals surface area contributed by atoms with Crippen molar-refractivity contribution in [3.8, 4) is 0 Å². The molecule has 1 aliphatic heterocycles. The van der Waals surface area contributed by atoms with Gasteiger partial charge in [0.25, 0.3) is 0 Å². The molecule has 49 valence electrons. The van der Waals surface area contributed by atoms with Crippen LogP contribution < -0.4 is 0 Å². The Labute approximate surface area is 54.7 Å².